The SMILES string of the molecule is CC(=O)/C=C/[C@@]12O[C@@H](C[C@]1(C)O[C@@H]1O[C@H](CO[C@@H]3OC[C@](O)(CO)[C@H]3O)[C@@H](O)[C@H](O)[C@H]1O)[C@H](O)C2(C)C. The topological polar surface area (TPSA) is 205 Å². The van der Waals surface area contributed by atoms with Gasteiger partial charge in [-0.2, -0.15) is 0 Å². The second-order valence-corrected chi connectivity index (χ2v) is 11.3. The number of hydrogen-bond acceptors (Lipinski definition) is 13. The van der Waals surface area contributed by atoms with E-state index in [9.17, 15) is 40.5 Å². The molecule has 0 radical (unpaired) electrons. The van der Waals surface area contributed by atoms with Crippen LogP contribution in [0.25, 0.3) is 0 Å². The van der Waals surface area contributed by atoms with Gasteiger partial charge in [0, 0.05) is 11.8 Å². The summed E-state index contributed by atoms with van der Waals surface area (Å²) < 4.78 is 28.9. The zero-order chi connectivity index (χ0) is 27.6. The summed E-state index contributed by atoms with van der Waals surface area (Å²) in [7, 11) is 0. The smallest absolute Gasteiger partial charge is 0.187 e. The number of allylic oxidation sites excluding steroid dienone is 1. The highest BCUT2D eigenvalue weighted by Gasteiger charge is 2.74. The average molecular weight is 535 g/mol. The van der Waals surface area contributed by atoms with E-state index in [4.69, 9.17) is 23.7 Å². The molecular weight excluding hydrogens is 496 g/mol. The normalized spacial score (nSPS) is 51.3. The van der Waals surface area contributed by atoms with Gasteiger partial charge in [-0.05, 0) is 26.0 Å². The van der Waals surface area contributed by atoms with Crippen LogP contribution < -0.4 is 0 Å². The van der Waals surface area contributed by atoms with Gasteiger partial charge in [-0.3, -0.25) is 4.79 Å². The van der Waals surface area contributed by atoms with Crippen molar-refractivity contribution in [1.29, 1.82) is 0 Å². The molecule has 0 aromatic carbocycles. The Kier molecular flexibility index (Phi) is 7.69. The van der Waals surface area contributed by atoms with E-state index in [1.54, 1.807) is 26.8 Å². The summed E-state index contributed by atoms with van der Waals surface area (Å²) in [6.45, 7) is 5.05. The van der Waals surface area contributed by atoms with Crippen LogP contribution in [-0.4, -0.2) is 133 Å². The van der Waals surface area contributed by atoms with Gasteiger partial charge in [0.25, 0.3) is 0 Å². The molecule has 0 aliphatic carbocycles. The van der Waals surface area contributed by atoms with E-state index in [0.717, 1.165) is 0 Å². The Morgan fingerprint density at radius 1 is 1.03 bits per heavy atom. The lowest BCUT2D eigenvalue weighted by Gasteiger charge is -2.53. The van der Waals surface area contributed by atoms with Gasteiger partial charge in [0.2, 0.25) is 0 Å². The number of aliphatic hydroxyl groups excluding tert-OH is 6. The van der Waals surface area contributed by atoms with E-state index in [2.05, 4.69) is 0 Å². The molecule has 0 aromatic rings. The molecule has 0 spiro atoms. The third-order valence-corrected chi connectivity index (χ3v) is 8.36. The average Bonchev–Trinajstić information content (AvgIpc) is 3.37. The second-order valence-electron chi connectivity index (χ2n) is 11.3. The van der Waals surface area contributed by atoms with Crippen molar-refractivity contribution in [2.45, 2.75) is 106 Å². The van der Waals surface area contributed by atoms with Crippen molar-refractivity contribution in [1.82, 2.24) is 0 Å². The molecule has 37 heavy (non-hydrogen) atoms. The van der Waals surface area contributed by atoms with Crippen LogP contribution in [0.5, 0.6) is 0 Å². The van der Waals surface area contributed by atoms with Gasteiger partial charge in [-0.15, -0.1) is 0 Å². The summed E-state index contributed by atoms with van der Waals surface area (Å²) in [5.41, 5.74) is -5.33. The van der Waals surface area contributed by atoms with E-state index in [1.165, 1.54) is 13.0 Å². The van der Waals surface area contributed by atoms with Crippen LogP contribution in [0.4, 0.5) is 0 Å². The first kappa shape index (κ1) is 28.9. The zero-order valence-corrected chi connectivity index (χ0v) is 21.3. The van der Waals surface area contributed by atoms with Crippen LogP contribution in [0.15, 0.2) is 12.2 Å². The molecular formula is C24H38O13. The lowest BCUT2D eigenvalue weighted by Crippen LogP contribution is -2.66. The summed E-state index contributed by atoms with van der Waals surface area (Å²) in [5, 5.41) is 72.1. The highest BCUT2D eigenvalue weighted by molar-refractivity contribution is 5.87. The fraction of sp³-hybridized carbons (Fsp3) is 0.875. The van der Waals surface area contributed by atoms with Crippen LogP contribution in [0.2, 0.25) is 0 Å². The molecule has 4 aliphatic heterocycles. The molecule has 0 amide bonds. The Bertz CT molecular complexity index is 896. The number of fused-ring (bicyclic) bond motifs is 2. The number of ether oxygens (including phenoxy) is 5. The first-order valence-corrected chi connectivity index (χ1v) is 12.3. The minimum absolute atomic E-state index is 0.189. The van der Waals surface area contributed by atoms with E-state index < -0.39 is 90.7 Å². The van der Waals surface area contributed by atoms with Crippen molar-refractivity contribution in [2.75, 3.05) is 19.8 Å². The third kappa shape index (κ3) is 4.48. The van der Waals surface area contributed by atoms with Gasteiger partial charge in [-0.25, -0.2) is 0 Å². The van der Waals surface area contributed by atoms with Gasteiger partial charge in [0.15, 0.2) is 18.4 Å². The Balaban J connectivity index is 1.52. The minimum Gasteiger partial charge on any atom is -0.393 e. The zero-order valence-electron chi connectivity index (χ0n) is 21.3. The first-order valence-electron chi connectivity index (χ1n) is 12.3. The fourth-order valence-electron chi connectivity index (χ4n) is 5.97. The van der Waals surface area contributed by atoms with Crippen molar-refractivity contribution < 1.29 is 64.2 Å². The third-order valence-electron chi connectivity index (χ3n) is 8.36. The van der Waals surface area contributed by atoms with Gasteiger partial charge in [0.1, 0.15) is 47.3 Å². The van der Waals surface area contributed by atoms with Crippen LogP contribution in [0.3, 0.4) is 0 Å². The van der Waals surface area contributed by atoms with Crippen molar-refractivity contribution in [3.63, 3.8) is 0 Å². The molecule has 0 unspecified atom stereocenters. The molecule has 4 aliphatic rings. The van der Waals surface area contributed by atoms with Gasteiger partial charge in [-0.1, -0.05) is 13.8 Å². The number of rotatable bonds is 8. The van der Waals surface area contributed by atoms with E-state index in [0.29, 0.717) is 0 Å². The highest BCUT2D eigenvalue weighted by Crippen LogP contribution is 2.62. The second kappa shape index (κ2) is 9.84. The maximum absolute atomic E-state index is 11.8. The van der Waals surface area contributed by atoms with Crippen molar-refractivity contribution in [2.24, 2.45) is 5.41 Å². The molecule has 12 atom stereocenters. The lowest BCUT2D eigenvalue weighted by molar-refractivity contribution is -0.344. The molecule has 13 nitrogen and oxygen atoms in total. The summed E-state index contributed by atoms with van der Waals surface area (Å²) in [5.74, 6) is -0.241. The van der Waals surface area contributed by atoms with Crippen LogP contribution in [0, 0.1) is 5.41 Å². The molecule has 2 bridgehead atoms. The first-order chi connectivity index (χ1) is 17.1. The molecule has 212 valence electrons. The Morgan fingerprint density at radius 3 is 2.27 bits per heavy atom. The quantitative estimate of drug-likeness (QED) is 0.156. The molecule has 4 saturated heterocycles. The number of carbonyl (C=O) groups is 1. The maximum atomic E-state index is 11.8. The molecule has 13 heteroatoms. The van der Waals surface area contributed by atoms with E-state index in [-0.39, 0.29) is 18.8 Å². The van der Waals surface area contributed by atoms with Crippen LogP contribution >= 0.6 is 0 Å². The monoisotopic (exact) mass is 534 g/mol. The molecule has 0 aromatic heterocycles. The van der Waals surface area contributed by atoms with Gasteiger partial charge in [0.05, 0.1) is 32.0 Å². The van der Waals surface area contributed by atoms with Crippen molar-refractivity contribution >= 4 is 5.78 Å². The van der Waals surface area contributed by atoms with Crippen LogP contribution in [0.1, 0.15) is 34.1 Å². The molecule has 4 rings (SSSR count). The number of carbonyl (C=O) groups excluding carboxylic acids is 1. The standard InChI is InChI=1S/C24H38O13/c1-11(26)5-6-24-21(2,3)17(30)12(36-24)7-22(24,4)37-19-16(29)15(28)14(27)13(35-19)8-33-20-18(31)23(32,9-25)10-34-20/h5-6,12-20,25,27-32H,7-10H2,1-4H3/b6-5+/t12-,13+,14+,15-,16+,17-,18-,19-,20+,22-,23+,24-/m0/s1. The summed E-state index contributed by atoms with van der Waals surface area (Å²) in [6.07, 6.45) is -9.01. The lowest BCUT2D eigenvalue weighted by atomic mass is 9.59. The number of ketones is 1. The van der Waals surface area contributed by atoms with E-state index >= 15 is 0 Å². The number of aliphatic hydroxyl groups is 7. The predicted molar refractivity (Wildman–Crippen MR) is 122 cm³/mol. The molecule has 4 fully saturated rings. The summed E-state index contributed by atoms with van der Waals surface area (Å²) in [4.78, 5) is 11.8. The highest BCUT2D eigenvalue weighted by atomic mass is 16.7. The predicted octanol–water partition coefficient (Wildman–Crippen LogP) is -2.90. The Morgan fingerprint density at radius 2 is 1.70 bits per heavy atom. The molecule has 7 N–H and O–H groups in total. The van der Waals surface area contributed by atoms with Gasteiger partial charge < -0.3 is 59.4 Å². The fourth-order valence-corrected chi connectivity index (χ4v) is 5.97. The number of hydrogen-bond donors (Lipinski definition) is 7. The Labute approximate surface area is 214 Å². The van der Waals surface area contributed by atoms with Crippen molar-refractivity contribution in [3.8, 4) is 0 Å². The minimum atomic E-state index is -1.91. The summed E-state index contributed by atoms with van der Waals surface area (Å²) in [6, 6.07) is 0. The van der Waals surface area contributed by atoms with Crippen molar-refractivity contribution in [3.05, 3.63) is 12.2 Å². The largest absolute Gasteiger partial charge is 0.393 e. The van der Waals surface area contributed by atoms with Crippen LogP contribution in [-0.2, 0) is 28.5 Å². The Hall–Kier alpha value is -1.07. The maximum Gasteiger partial charge on any atom is 0.187 e. The summed E-state index contributed by atoms with van der Waals surface area (Å²) >= 11 is 0. The molecule has 0 saturated carbocycles. The van der Waals surface area contributed by atoms with Gasteiger partial charge >= 0.3 is 0 Å². The molecule has 4 heterocycles. The van der Waals surface area contributed by atoms with E-state index in [1.807, 2.05) is 0 Å².